The number of nitro groups is 1. The number of carbonyl (C=O) groups excluding carboxylic acids is 2. The number of nitrogens with one attached hydrogen (secondary N) is 1. The molecule has 0 aliphatic carbocycles. The van der Waals surface area contributed by atoms with Crippen molar-refractivity contribution < 1.29 is 27.7 Å². The number of hydrogen-bond acceptors (Lipinski definition) is 7. The Hall–Kier alpha value is -3.67. The molecule has 2 aromatic carbocycles. The van der Waals surface area contributed by atoms with Gasteiger partial charge in [-0.1, -0.05) is 18.2 Å². The summed E-state index contributed by atoms with van der Waals surface area (Å²) < 4.78 is 31.2. The second kappa shape index (κ2) is 11.4. The molecule has 36 heavy (non-hydrogen) atoms. The summed E-state index contributed by atoms with van der Waals surface area (Å²) >= 11 is 0. The van der Waals surface area contributed by atoms with Gasteiger partial charge >= 0.3 is 0 Å². The lowest BCUT2D eigenvalue weighted by atomic mass is 10.1. The molecule has 0 heterocycles. The van der Waals surface area contributed by atoms with Crippen molar-refractivity contribution in [3.05, 3.63) is 64.2 Å². The molecule has 1 N–H and O–H groups in total. The standard InChI is InChI=1S/C24H32N4O7S/c1-17(23(30)25-24(2,3)4)26(15-18-9-7-12-21(13-18)35-5)22(29)16-27(36(6,33)34)19-10-8-11-20(14-19)28(31)32/h7-14,17H,15-16H2,1-6H3,(H,25,30)/t17-/m1/s1. The fourth-order valence-electron chi connectivity index (χ4n) is 3.40. The minimum absolute atomic E-state index is 0.00129. The Kier molecular flexibility index (Phi) is 9.03. The molecule has 0 saturated carbocycles. The lowest BCUT2D eigenvalue weighted by Gasteiger charge is -2.33. The van der Waals surface area contributed by atoms with Gasteiger partial charge in [-0.05, 0) is 51.5 Å². The number of hydrogen-bond donors (Lipinski definition) is 1. The zero-order valence-electron chi connectivity index (χ0n) is 21.2. The molecule has 0 bridgehead atoms. The Labute approximate surface area is 211 Å². The van der Waals surface area contributed by atoms with Crippen LogP contribution in [-0.2, 0) is 26.2 Å². The van der Waals surface area contributed by atoms with Gasteiger partial charge in [-0.3, -0.25) is 24.0 Å². The molecule has 0 aliphatic heterocycles. The zero-order valence-corrected chi connectivity index (χ0v) is 22.0. The van der Waals surface area contributed by atoms with E-state index in [1.54, 1.807) is 52.0 Å². The first kappa shape index (κ1) is 28.6. The molecule has 0 radical (unpaired) electrons. The van der Waals surface area contributed by atoms with Crippen LogP contribution < -0.4 is 14.4 Å². The number of sulfonamides is 1. The molecule has 0 aromatic heterocycles. The smallest absolute Gasteiger partial charge is 0.271 e. The highest BCUT2D eigenvalue weighted by atomic mass is 32.2. The summed E-state index contributed by atoms with van der Waals surface area (Å²) in [7, 11) is -2.50. The number of carbonyl (C=O) groups is 2. The molecule has 0 aliphatic rings. The van der Waals surface area contributed by atoms with E-state index in [9.17, 15) is 28.1 Å². The molecule has 2 rings (SSSR count). The van der Waals surface area contributed by atoms with Crippen molar-refractivity contribution in [1.29, 1.82) is 0 Å². The SMILES string of the molecule is COc1cccc(CN(C(=O)CN(c2cccc([N+](=O)[O-])c2)S(C)(=O)=O)[C@H](C)C(=O)NC(C)(C)C)c1. The first-order valence-corrected chi connectivity index (χ1v) is 12.9. The van der Waals surface area contributed by atoms with Gasteiger partial charge in [-0.2, -0.15) is 0 Å². The summed E-state index contributed by atoms with van der Waals surface area (Å²) in [5.74, 6) is -0.521. The molecule has 0 spiro atoms. The molecule has 1 atom stereocenters. The van der Waals surface area contributed by atoms with Crippen LogP contribution in [0.3, 0.4) is 0 Å². The van der Waals surface area contributed by atoms with Crippen molar-refractivity contribution in [3.8, 4) is 5.75 Å². The largest absolute Gasteiger partial charge is 0.497 e. The maximum absolute atomic E-state index is 13.5. The van der Waals surface area contributed by atoms with Crippen LogP contribution in [0.25, 0.3) is 0 Å². The Balaban J connectivity index is 2.46. The normalized spacial score (nSPS) is 12.4. The van der Waals surface area contributed by atoms with E-state index in [0.29, 0.717) is 11.3 Å². The van der Waals surface area contributed by atoms with Gasteiger partial charge in [0.15, 0.2) is 0 Å². The van der Waals surface area contributed by atoms with Crippen LogP contribution in [0.2, 0.25) is 0 Å². The van der Waals surface area contributed by atoms with Gasteiger partial charge in [0.1, 0.15) is 18.3 Å². The van der Waals surface area contributed by atoms with Crippen LogP contribution >= 0.6 is 0 Å². The highest BCUT2D eigenvalue weighted by Gasteiger charge is 2.31. The highest BCUT2D eigenvalue weighted by molar-refractivity contribution is 7.92. The number of methoxy groups -OCH3 is 1. The molecular formula is C24H32N4O7S. The predicted octanol–water partition coefficient (Wildman–Crippen LogP) is 2.70. The number of non-ortho nitro benzene ring substituents is 1. The van der Waals surface area contributed by atoms with Gasteiger partial charge in [0, 0.05) is 24.2 Å². The highest BCUT2D eigenvalue weighted by Crippen LogP contribution is 2.24. The summed E-state index contributed by atoms with van der Waals surface area (Å²) in [6.45, 7) is 6.31. The van der Waals surface area contributed by atoms with Crippen molar-refractivity contribution in [2.45, 2.75) is 45.8 Å². The average Bonchev–Trinajstić information content (AvgIpc) is 2.78. The Morgan fingerprint density at radius 3 is 2.33 bits per heavy atom. The van der Waals surface area contributed by atoms with Crippen molar-refractivity contribution in [1.82, 2.24) is 10.2 Å². The van der Waals surface area contributed by atoms with Crippen molar-refractivity contribution >= 4 is 33.2 Å². The minimum Gasteiger partial charge on any atom is -0.497 e. The number of nitrogens with zero attached hydrogens (tertiary/aromatic N) is 3. The molecule has 0 fully saturated rings. The van der Waals surface area contributed by atoms with E-state index in [-0.39, 0.29) is 17.9 Å². The van der Waals surface area contributed by atoms with E-state index < -0.39 is 44.9 Å². The van der Waals surface area contributed by atoms with Crippen LogP contribution in [0.15, 0.2) is 48.5 Å². The van der Waals surface area contributed by atoms with E-state index in [1.807, 2.05) is 0 Å². The maximum atomic E-state index is 13.5. The summed E-state index contributed by atoms with van der Waals surface area (Å²) in [6.07, 6.45) is 0.904. The molecule has 2 aromatic rings. The molecular weight excluding hydrogens is 488 g/mol. The number of amides is 2. The second-order valence-corrected chi connectivity index (χ2v) is 11.2. The van der Waals surface area contributed by atoms with E-state index >= 15 is 0 Å². The van der Waals surface area contributed by atoms with E-state index in [4.69, 9.17) is 4.74 Å². The van der Waals surface area contributed by atoms with Crippen LogP contribution in [-0.4, -0.2) is 61.5 Å². The zero-order chi connectivity index (χ0) is 27.3. The fraction of sp³-hybridized carbons (Fsp3) is 0.417. The molecule has 196 valence electrons. The van der Waals surface area contributed by atoms with Crippen molar-refractivity contribution in [3.63, 3.8) is 0 Å². The van der Waals surface area contributed by atoms with Gasteiger partial charge in [-0.25, -0.2) is 8.42 Å². The van der Waals surface area contributed by atoms with E-state index in [1.165, 1.54) is 30.2 Å². The Bertz CT molecular complexity index is 1220. The van der Waals surface area contributed by atoms with Gasteiger partial charge in [0.05, 0.1) is 24.0 Å². The van der Waals surface area contributed by atoms with Gasteiger partial charge in [-0.15, -0.1) is 0 Å². The van der Waals surface area contributed by atoms with Gasteiger partial charge in [0.2, 0.25) is 21.8 Å². The summed E-state index contributed by atoms with van der Waals surface area (Å²) in [5, 5.41) is 14.0. The van der Waals surface area contributed by atoms with Crippen molar-refractivity contribution in [2.75, 3.05) is 24.2 Å². The molecule has 0 saturated heterocycles. The monoisotopic (exact) mass is 520 g/mol. The molecule has 2 amide bonds. The van der Waals surface area contributed by atoms with Gasteiger partial charge < -0.3 is 15.0 Å². The number of ether oxygens (including phenoxy) is 1. The minimum atomic E-state index is -4.00. The maximum Gasteiger partial charge on any atom is 0.271 e. The summed E-state index contributed by atoms with van der Waals surface area (Å²) in [5.41, 5.74) is -0.245. The summed E-state index contributed by atoms with van der Waals surface area (Å²) in [6, 6.07) is 11.0. The third-order valence-corrected chi connectivity index (χ3v) is 6.30. The lowest BCUT2D eigenvalue weighted by Crippen LogP contribution is -2.54. The number of nitro benzene ring substituents is 1. The van der Waals surface area contributed by atoms with Crippen LogP contribution in [0.5, 0.6) is 5.75 Å². The fourth-order valence-corrected chi connectivity index (χ4v) is 4.24. The molecule has 0 unspecified atom stereocenters. The first-order chi connectivity index (χ1) is 16.6. The first-order valence-electron chi connectivity index (χ1n) is 11.1. The number of rotatable bonds is 10. The summed E-state index contributed by atoms with van der Waals surface area (Å²) in [4.78, 5) is 38.3. The topological polar surface area (TPSA) is 139 Å². The van der Waals surface area contributed by atoms with Crippen LogP contribution in [0.1, 0.15) is 33.3 Å². The average molecular weight is 521 g/mol. The Morgan fingerprint density at radius 2 is 1.78 bits per heavy atom. The van der Waals surface area contributed by atoms with E-state index in [0.717, 1.165) is 16.6 Å². The third kappa shape index (κ3) is 7.94. The number of benzene rings is 2. The van der Waals surface area contributed by atoms with Gasteiger partial charge in [0.25, 0.3) is 5.69 Å². The van der Waals surface area contributed by atoms with E-state index in [2.05, 4.69) is 5.32 Å². The number of anilines is 1. The third-order valence-electron chi connectivity index (χ3n) is 5.16. The predicted molar refractivity (Wildman–Crippen MR) is 136 cm³/mol. The molecule has 11 nitrogen and oxygen atoms in total. The van der Waals surface area contributed by atoms with Crippen LogP contribution in [0, 0.1) is 10.1 Å². The lowest BCUT2D eigenvalue weighted by molar-refractivity contribution is -0.384. The van der Waals surface area contributed by atoms with Crippen molar-refractivity contribution in [2.24, 2.45) is 0 Å². The second-order valence-electron chi connectivity index (χ2n) is 9.33. The Morgan fingerprint density at radius 1 is 1.14 bits per heavy atom. The quantitative estimate of drug-likeness (QED) is 0.375. The van der Waals surface area contributed by atoms with Crippen LogP contribution in [0.4, 0.5) is 11.4 Å². The molecule has 12 heteroatoms.